The molecule has 1 fully saturated rings. The van der Waals surface area contributed by atoms with E-state index in [0.717, 1.165) is 25.7 Å². The Morgan fingerprint density at radius 2 is 2.18 bits per heavy atom. The molecule has 0 aromatic heterocycles. The molecule has 1 aliphatic carbocycles. The van der Waals surface area contributed by atoms with Gasteiger partial charge in [0.2, 0.25) is 0 Å². The number of benzene rings is 1. The van der Waals surface area contributed by atoms with Crippen LogP contribution in [0.1, 0.15) is 36.4 Å². The molecule has 0 radical (unpaired) electrons. The maximum absolute atomic E-state index is 5.41. The summed E-state index contributed by atoms with van der Waals surface area (Å²) >= 11 is 0. The third kappa shape index (κ3) is 2.53. The zero-order chi connectivity index (χ0) is 11.5. The zero-order valence-corrected chi connectivity index (χ0v) is 10.3. The van der Waals surface area contributed by atoms with Crippen molar-refractivity contribution in [3.63, 3.8) is 0 Å². The largest absolute Gasteiger partial charge is 0.381 e. The molecular weight excluding hydrogens is 210 g/mol. The van der Waals surface area contributed by atoms with E-state index in [2.05, 4.69) is 29.6 Å². The first-order chi connectivity index (χ1) is 8.43. The number of fused-ring (bicyclic) bond motifs is 1. The molecule has 2 atom stereocenters. The Labute approximate surface area is 103 Å². The van der Waals surface area contributed by atoms with Crippen LogP contribution in [-0.2, 0) is 11.2 Å². The lowest BCUT2D eigenvalue weighted by atomic mass is 10.0. The predicted molar refractivity (Wildman–Crippen MR) is 69.0 cm³/mol. The van der Waals surface area contributed by atoms with E-state index < -0.39 is 0 Å². The fraction of sp³-hybridized carbons (Fsp3) is 0.600. The van der Waals surface area contributed by atoms with Crippen LogP contribution in [0.25, 0.3) is 0 Å². The van der Waals surface area contributed by atoms with Gasteiger partial charge >= 0.3 is 0 Å². The Kier molecular flexibility index (Phi) is 3.44. The Bertz CT molecular complexity index is 371. The van der Waals surface area contributed by atoms with Crippen LogP contribution >= 0.6 is 0 Å². The monoisotopic (exact) mass is 231 g/mol. The van der Waals surface area contributed by atoms with Crippen LogP contribution in [0.3, 0.4) is 0 Å². The molecule has 3 rings (SSSR count). The first kappa shape index (κ1) is 11.2. The second kappa shape index (κ2) is 5.19. The van der Waals surface area contributed by atoms with Gasteiger partial charge in [0.25, 0.3) is 0 Å². The van der Waals surface area contributed by atoms with Gasteiger partial charge in [-0.3, -0.25) is 0 Å². The number of nitrogens with one attached hydrogen (secondary N) is 1. The number of rotatable bonds is 4. The molecule has 1 aromatic rings. The number of aryl methyl sites for hydroxylation is 1. The molecule has 1 N–H and O–H groups in total. The summed E-state index contributed by atoms with van der Waals surface area (Å²) in [6, 6.07) is 9.44. The maximum Gasteiger partial charge on any atom is 0.0495 e. The average Bonchev–Trinajstić information content (AvgIpc) is 2.99. The predicted octanol–water partition coefficient (Wildman–Crippen LogP) is 2.69. The number of hydrogen-bond donors (Lipinski definition) is 1. The molecule has 1 aromatic carbocycles. The Hall–Kier alpha value is -0.860. The van der Waals surface area contributed by atoms with Crippen molar-refractivity contribution in [1.82, 2.24) is 5.32 Å². The molecule has 2 unspecified atom stereocenters. The number of hydrogen-bond acceptors (Lipinski definition) is 2. The summed E-state index contributed by atoms with van der Waals surface area (Å²) in [5.41, 5.74) is 3.06. The third-order valence-corrected chi connectivity index (χ3v) is 4.10. The molecule has 1 aliphatic heterocycles. The SMILES string of the molecule is c1ccc2c(c1)CCC2NCCC1CCOC1. The highest BCUT2D eigenvalue weighted by molar-refractivity contribution is 5.34. The summed E-state index contributed by atoms with van der Waals surface area (Å²) < 4.78 is 5.41. The van der Waals surface area contributed by atoms with Gasteiger partial charge in [0.1, 0.15) is 0 Å². The maximum atomic E-state index is 5.41. The minimum absolute atomic E-state index is 0.591. The Morgan fingerprint density at radius 3 is 3.06 bits per heavy atom. The van der Waals surface area contributed by atoms with Gasteiger partial charge in [0, 0.05) is 19.3 Å². The van der Waals surface area contributed by atoms with Crippen LogP contribution in [0.5, 0.6) is 0 Å². The molecule has 1 saturated heterocycles. The molecule has 0 saturated carbocycles. The molecule has 0 spiro atoms. The van der Waals surface area contributed by atoms with E-state index in [4.69, 9.17) is 4.74 Å². The summed E-state index contributed by atoms with van der Waals surface area (Å²) in [7, 11) is 0. The zero-order valence-electron chi connectivity index (χ0n) is 10.3. The van der Waals surface area contributed by atoms with Gasteiger partial charge in [-0.25, -0.2) is 0 Å². The third-order valence-electron chi connectivity index (χ3n) is 4.10. The van der Waals surface area contributed by atoms with Crippen molar-refractivity contribution in [3.8, 4) is 0 Å². The second-order valence-corrected chi connectivity index (χ2v) is 5.26. The minimum Gasteiger partial charge on any atom is -0.381 e. The molecule has 1 heterocycles. The van der Waals surface area contributed by atoms with Gasteiger partial charge < -0.3 is 10.1 Å². The molecule has 2 nitrogen and oxygen atoms in total. The van der Waals surface area contributed by atoms with Crippen LogP contribution in [-0.4, -0.2) is 19.8 Å². The lowest BCUT2D eigenvalue weighted by molar-refractivity contribution is 0.184. The molecular formula is C15H21NO. The lowest BCUT2D eigenvalue weighted by Crippen LogP contribution is -2.22. The van der Waals surface area contributed by atoms with E-state index in [1.54, 1.807) is 0 Å². The summed E-state index contributed by atoms with van der Waals surface area (Å²) in [6.45, 7) is 3.08. The van der Waals surface area contributed by atoms with Gasteiger partial charge in [-0.1, -0.05) is 24.3 Å². The van der Waals surface area contributed by atoms with E-state index in [0.29, 0.717) is 6.04 Å². The summed E-state index contributed by atoms with van der Waals surface area (Å²) in [5.74, 6) is 0.791. The van der Waals surface area contributed by atoms with E-state index in [-0.39, 0.29) is 0 Å². The highest BCUT2D eigenvalue weighted by Crippen LogP contribution is 2.30. The van der Waals surface area contributed by atoms with Gasteiger partial charge in [-0.05, 0) is 49.3 Å². The standard InChI is InChI=1S/C15H21NO/c1-2-4-14-13(3-1)5-6-15(14)16-9-7-12-8-10-17-11-12/h1-4,12,15-16H,5-11H2. The highest BCUT2D eigenvalue weighted by Gasteiger charge is 2.22. The smallest absolute Gasteiger partial charge is 0.0495 e. The van der Waals surface area contributed by atoms with Crippen molar-refractivity contribution in [2.75, 3.05) is 19.8 Å². The van der Waals surface area contributed by atoms with Gasteiger partial charge in [-0.15, -0.1) is 0 Å². The van der Waals surface area contributed by atoms with Crippen molar-refractivity contribution in [1.29, 1.82) is 0 Å². The molecule has 17 heavy (non-hydrogen) atoms. The molecule has 92 valence electrons. The van der Waals surface area contributed by atoms with Crippen molar-refractivity contribution in [3.05, 3.63) is 35.4 Å². The fourth-order valence-electron chi connectivity index (χ4n) is 3.04. The lowest BCUT2D eigenvalue weighted by Gasteiger charge is -2.15. The summed E-state index contributed by atoms with van der Waals surface area (Å²) in [6.07, 6.45) is 5.02. The molecule has 0 bridgehead atoms. The van der Waals surface area contributed by atoms with Crippen molar-refractivity contribution in [2.24, 2.45) is 5.92 Å². The van der Waals surface area contributed by atoms with Crippen LogP contribution in [0.4, 0.5) is 0 Å². The van der Waals surface area contributed by atoms with Gasteiger partial charge in [-0.2, -0.15) is 0 Å². The van der Waals surface area contributed by atoms with E-state index in [1.165, 1.54) is 36.8 Å². The van der Waals surface area contributed by atoms with Gasteiger partial charge in [0.15, 0.2) is 0 Å². The molecule has 2 heteroatoms. The van der Waals surface area contributed by atoms with Crippen molar-refractivity contribution >= 4 is 0 Å². The first-order valence-electron chi connectivity index (χ1n) is 6.82. The molecule has 2 aliphatic rings. The normalized spacial score (nSPS) is 27.3. The van der Waals surface area contributed by atoms with Crippen molar-refractivity contribution in [2.45, 2.75) is 31.7 Å². The summed E-state index contributed by atoms with van der Waals surface area (Å²) in [5, 5.41) is 3.71. The average molecular weight is 231 g/mol. The van der Waals surface area contributed by atoms with E-state index >= 15 is 0 Å². The second-order valence-electron chi connectivity index (χ2n) is 5.26. The highest BCUT2D eigenvalue weighted by atomic mass is 16.5. The number of ether oxygens (including phenoxy) is 1. The fourth-order valence-corrected chi connectivity index (χ4v) is 3.04. The quantitative estimate of drug-likeness (QED) is 0.860. The van der Waals surface area contributed by atoms with Crippen LogP contribution in [0.15, 0.2) is 24.3 Å². The van der Waals surface area contributed by atoms with Crippen LogP contribution < -0.4 is 5.32 Å². The van der Waals surface area contributed by atoms with Crippen molar-refractivity contribution < 1.29 is 4.74 Å². The first-order valence-corrected chi connectivity index (χ1v) is 6.82. The Morgan fingerprint density at radius 1 is 1.24 bits per heavy atom. The van der Waals surface area contributed by atoms with E-state index in [1.807, 2.05) is 0 Å². The summed E-state index contributed by atoms with van der Waals surface area (Å²) in [4.78, 5) is 0. The van der Waals surface area contributed by atoms with Crippen LogP contribution in [0.2, 0.25) is 0 Å². The van der Waals surface area contributed by atoms with E-state index in [9.17, 15) is 0 Å². The minimum atomic E-state index is 0.591. The van der Waals surface area contributed by atoms with Gasteiger partial charge in [0.05, 0.1) is 0 Å². The Balaban J connectivity index is 1.50. The topological polar surface area (TPSA) is 21.3 Å². The molecule has 0 amide bonds. The van der Waals surface area contributed by atoms with Crippen LogP contribution in [0, 0.1) is 5.92 Å².